The highest BCUT2D eigenvalue weighted by atomic mass is 16.5. The summed E-state index contributed by atoms with van der Waals surface area (Å²) in [5.41, 5.74) is 4.22. The van der Waals surface area contributed by atoms with Crippen LogP contribution < -0.4 is 15.4 Å². The second-order valence-electron chi connectivity index (χ2n) is 7.09. The van der Waals surface area contributed by atoms with Crippen LogP contribution in [-0.4, -0.2) is 28.7 Å². The number of anilines is 2. The van der Waals surface area contributed by atoms with Gasteiger partial charge in [-0.25, -0.2) is 4.68 Å². The summed E-state index contributed by atoms with van der Waals surface area (Å²) in [4.78, 5) is 25.3. The first-order chi connectivity index (χ1) is 14.0. The summed E-state index contributed by atoms with van der Waals surface area (Å²) in [6.07, 6.45) is 0.0163. The molecule has 3 aromatic rings. The van der Waals surface area contributed by atoms with Crippen LogP contribution in [0.3, 0.4) is 0 Å². The number of methoxy groups -OCH3 is 1. The topological polar surface area (TPSA) is 85.2 Å². The summed E-state index contributed by atoms with van der Waals surface area (Å²) in [6, 6.07) is 14.4. The number of carbonyl (C=O) groups excluding carboxylic acids is 2. The summed E-state index contributed by atoms with van der Waals surface area (Å²) >= 11 is 0. The van der Waals surface area contributed by atoms with Crippen LogP contribution in [-0.2, 0) is 9.59 Å². The zero-order valence-electron chi connectivity index (χ0n) is 16.5. The third-order valence-corrected chi connectivity index (χ3v) is 5.07. The van der Waals surface area contributed by atoms with E-state index in [1.165, 1.54) is 0 Å². The lowest BCUT2D eigenvalue weighted by atomic mass is 10.1. The Morgan fingerprint density at radius 1 is 1.17 bits per heavy atom. The van der Waals surface area contributed by atoms with Crippen molar-refractivity contribution < 1.29 is 14.3 Å². The summed E-state index contributed by atoms with van der Waals surface area (Å²) in [6.45, 7) is 3.92. The van der Waals surface area contributed by atoms with Gasteiger partial charge in [0.25, 0.3) is 0 Å². The molecule has 4 rings (SSSR count). The van der Waals surface area contributed by atoms with E-state index in [1.54, 1.807) is 23.9 Å². The van der Waals surface area contributed by atoms with Gasteiger partial charge in [0.1, 0.15) is 17.6 Å². The first-order valence-corrected chi connectivity index (χ1v) is 9.38. The van der Waals surface area contributed by atoms with Crippen LogP contribution >= 0.6 is 0 Å². The van der Waals surface area contributed by atoms with Gasteiger partial charge in [0.05, 0.1) is 24.9 Å². The molecule has 1 atom stereocenters. The van der Waals surface area contributed by atoms with E-state index in [9.17, 15) is 9.59 Å². The number of aromatic nitrogens is 2. The van der Waals surface area contributed by atoms with E-state index in [1.807, 2.05) is 50.2 Å². The van der Waals surface area contributed by atoms with Gasteiger partial charge in [-0.05, 0) is 26.0 Å². The maximum atomic E-state index is 13.0. The van der Waals surface area contributed by atoms with Gasteiger partial charge in [-0.2, -0.15) is 5.10 Å². The molecule has 0 fully saturated rings. The van der Waals surface area contributed by atoms with E-state index in [0.717, 1.165) is 22.4 Å². The zero-order chi connectivity index (χ0) is 20.5. The predicted octanol–water partition coefficient (Wildman–Crippen LogP) is 3.70. The average molecular weight is 390 g/mol. The Hall–Kier alpha value is -3.61. The molecule has 7 heteroatoms. The van der Waals surface area contributed by atoms with Crippen LogP contribution in [0.5, 0.6) is 5.75 Å². The molecule has 0 unspecified atom stereocenters. The van der Waals surface area contributed by atoms with Crippen molar-refractivity contribution >= 4 is 23.3 Å². The van der Waals surface area contributed by atoms with Gasteiger partial charge in [0.15, 0.2) is 0 Å². The maximum absolute atomic E-state index is 13.0. The Bertz CT molecular complexity index is 1090. The van der Waals surface area contributed by atoms with Crippen molar-refractivity contribution in [1.29, 1.82) is 0 Å². The first kappa shape index (κ1) is 18.7. The smallest absolute Gasteiger partial charge is 0.249 e. The number of nitrogens with one attached hydrogen (secondary N) is 2. The Kier molecular flexibility index (Phi) is 4.80. The van der Waals surface area contributed by atoms with E-state index in [0.29, 0.717) is 17.3 Å². The van der Waals surface area contributed by atoms with Gasteiger partial charge in [-0.1, -0.05) is 42.0 Å². The number of ether oxygens (including phenoxy) is 1. The standard InChI is InChI=1S/C22H22N4O3/c1-13-8-10-15(11-9-13)20-14(2)21-24-19(27)12-17(26(21)25-20)22(28)23-16-6-4-5-7-18(16)29-3/h4-11,17H,12H2,1-3H3,(H,23,28)(H,24,27)/t17-/m0/s1. The molecule has 1 aliphatic rings. The monoisotopic (exact) mass is 390 g/mol. The number of rotatable bonds is 4. The summed E-state index contributed by atoms with van der Waals surface area (Å²) < 4.78 is 6.91. The van der Waals surface area contributed by atoms with Crippen molar-refractivity contribution in [3.63, 3.8) is 0 Å². The predicted molar refractivity (Wildman–Crippen MR) is 111 cm³/mol. The summed E-state index contributed by atoms with van der Waals surface area (Å²) in [5.74, 6) is 0.579. The number of hydrogen-bond donors (Lipinski definition) is 2. The minimum absolute atomic E-state index is 0.0163. The normalized spacial score (nSPS) is 15.4. The molecule has 2 heterocycles. The number of hydrogen-bond acceptors (Lipinski definition) is 4. The van der Waals surface area contributed by atoms with Gasteiger partial charge in [-0.3, -0.25) is 9.59 Å². The van der Waals surface area contributed by atoms with Crippen LogP contribution in [0.1, 0.15) is 23.6 Å². The van der Waals surface area contributed by atoms with Gasteiger partial charge in [-0.15, -0.1) is 0 Å². The number of benzene rings is 2. The van der Waals surface area contributed by atoms with Crippen molar-refractivity contribution in [2.24, 2.45) is 0 Å². The van der Waals surface area contributed by atoms with Crippen molar-refractivity contribution in [1.82, 2.24) is 9.78 Å². The number of amides is 2. The number of aryl methyl sites for hydroxylation is 1. The average Bonchev–Trinajstić information content (AvgIpc) is 3.05. The number of nitrogens with zero attached hydrogens (tertiary/aromatic N) is 2. The number of para-hydroxylation sites is 2. The zero-order valence-corrected chi connectivity index (χ0v) is 16.5. The number of fused-ring (bicyclic) bond motifs is 1. The molecular weight excluding hydrogens is 368 g/mol. The van der Waals surface area contributed by atoms with Crippen LogP contribution in [0.15, 0.2) is 48.5 Å². The van der Waals surface area contributed by atoms with Crippen LogP contribution in [0, 0.1) is 13.8 Å². The number of carbonyl (C=O) groups is 2. The molecule has 2 N–H and O–H groups in total. The van der Waals surface area contributed by atoms with Gasteiger partial charge in [0.2, 0.25) is 11.8 Å². The fourth-order valence-corrected chi connectivity index (χ4v) is 3.49. The van der Waals surface area contributed by atoms with E-state index < -0.39 is 6.04 Å². The molecule has 0 radical (unpaired) electrons. The van der Waals surface area contributed by atoms with Gasteiger partial charge >= 0.3 is 0 Å². The fourth-order valence-electron chi connectivity index (χ4n) is 3.49. The molecule has 29 heavy (non-hydrogen) atoms. The molecule has 1 aromatic heterocycles. The molecule has 0 saturated carbocycles. The van der Waals surface area contributed by atoms with E-state index in [4.69, 9.17) is 4.74 Å². The Balaban J connectivity index is 1.70. The Morgan fingerprint density at radius 3 is 2.62 bits per heavy atom. The van der Waals surface area contributed by atoms with Crippen molar-refractivity contribution in [3.05, 3.63) is 59.7 Å². The Labute approximate surface area is 168 Å². The van der Waals surface area contributed by atoms with E-state index in [-0.39, 0.29) is 18.2 Å². The third-order valence-electron chi connectivity index (χ3n) is 5.07. The van der Waals surface area contributed by atoms with Crippen LogP contribution in [0.2, 0.25) is 0 Å². The van der Waals surface area contributed by atoms with Crippen molar-refractivity contribution in [2.45, 2.75) is 26.3 Å². The molecule has 1 aliphatic heterocycles. The van der Waals surface area contributed by atoms with Crippen molar-refractivity contribution in [3.8, 4) is 17.0 Å². The largest absolute Gasteiger partial charge is 0.495 e. The SMILES string of the molecule is COc1ccccc1NC(=O)[C@@H]1CC(=O)Nc2c(C)c(-c3ccc(C)cc3)nn21. The summed E-state index contributed by atoms with van der Waals surface area (Å²) in [7, 11) is 1.54. The minimum Gasteiger partial charge on any atom is -0.495 e. The highest BCUT2D eigenvalue weighted by Crippen LogP contribution is 2.35. The molecule has 0 spiro atoms. The molecule has 2 aromatic carbocycles. The quantitative estimate of drug-likeness (QED) is 0.711. The molecule has 148 valence electrons. The molecule has 0 saturated heterocycles. The van der Waals surface area contributed by atoms with Crippen molar-refractivity contribution in [2.75, 3.05) is 17.7 Å². The lowest BCUT2D eigenvalue weighted by Crippen LogP contribution is -2.36. The molecule has 2 amide bonds. The van der Waals surface area contributed by atoms with Gasteiger partial charge < -0.3 is 15.4 Å². The molecular formula is C22H22N4O3. The second kappa shape index (κ2) is 7.43. The first-order valence-electron chi connectivity index (χ1n) is 9.38. The van der Waals surface area contributed by atoms with E-state index >= 15 is 0 Å². The Morgan fingerprint density at radius 2 is 1.90 bits per heavy atom. The highest BCUT2D eigenvalue weighted by Gasteiger charge is 2.34. The van der Waals surface area contributed by atoms with Crippen LogP contribution in [0.25, 0.3) is 11.3 Å². The van der Waals surface area contributed by atoms with Gasteiger partial charge in [0, 0.05) is 11.1 Å². The third kappa shape index (κ3) is 3.47. The minimum atomic E-state index is -0.749. The fraction of sp³-hybridized carbons (Fsp3) is 0.227. The molecule has 0 aliphatic carbocycles. The lowest BCUT2D eigenvalue weighted by Gasteiger charge is -2.24. The molecule has 7 nitrogen and oxygen atoms in total. The van der Waals surface area contributed by atoms with E-state index in [2.05, 4.69) is 15.7 Å². The second-order valence-corrected chi connectivity index (χ2v) is 7.09. The maximum Gasteiger partial charge on any atom is 0.249 e. The highest BCUT2D eigenvalue weighted by molar-refractivity contribution is 6.02. The lowest BCUT2D eigenvalue weighted by molar-refractivity contribution is -0.125. The van der Waals surface area contributed by atoms with Crippen LogP contribution in [0.4, 0.5) is 11.5 Å². The summed E-state index contributed by atoms with van der Waals surface area (Å²) in [5, 5.41) is 10.4. The molecule has 0 bridgehead atoms.